The third kappa shape index (κ3) is 2.57. The van der Waals surface area contributed by atoms with Crippen LogP contribution >= 0.6 is 0 Å². The molecule has 0 saturated carbocycles. The Bertz CT molecular complexity index is 377. The number of nitrogens with zero attached hydrogens (tertiary/aromatic N) is 1. The van der Waals surface area contributed by atoms with E-state index in [-0.39, 0.29) is 11.6 Å². The lowest BCUT2D eigenvalue weighted by Gasteiger charge is -2.33. The highest BCUT2D eigenvalue weighted by atomic mass is 16.5. The molecular formula is C12H20N4O. The molecule has 1 aromatic heterocycles. The quantitative estimate of drug-likeness (QED) is 0.526. The van der Waals surface area contributed by atoms with Crippen LogP contribution in [-0.4, -0.2) is 23.2 Å². The highest BCUT2D eigenvalue weighted by Gasteiger charge is 2.38. The van der Waals surface area contributed by atoms with Crippen LogP contribution in [0.5, 0.6) is 0 Å². The Kier molecular flexibility index (Phi) is 3.61. The number of nitrogen functional groups attached to an aromatic ring is 1. The van der Waals surface area contributed by atoms with Crippen LogP contribution in [0.15, 0.2) is 18.5 Å². The standard InChI is InChI=1S/C12H20N4O/c1-12(4-2-6-17-12)11(16-14)7-9-8-15-5-3-10(9)13/h3,5,8,11,16H,2,4,6-7,14H2,1H3,(H2,13,15). The molecule has 2 rings (SSSR count). The van der Waals surface area contributed by atoms with Crippen molar-refractivity contribution in [2.24, 2.45) is 5.84 Å². The number of ether oxygens (including phenoxy) is 1. The Hall–Kier alpha value is -1.17. The normalized spacial score (nSPS) is 26.0. The first-order valence-electron chi connectivity index (χ1n) is 5.94. The van der Waals surface area contributed by atoms with Crippen LogP contribution in [0.1, 0.15) is 25.3 Å². The molecule has 5 N–H and O–H groups in total. The number of pyridine rings is 1. The number of aromatic nitrogens is 1. The number of hydrogen-bond donors (Lipinski definition) is 3. The van der Waals surface area contributed by atoms with Gasteiger partial charge in [-0.15, -0.1) is 0 Å². The van der Waals surface area contributed by atoms with Crippen molar-refractivity contribution >= 4 is 5.69 Å². The summed E-state index contributed by atoms with van der Waals surface area (Å²) in [7, 11) is 0. The van der Waals surface area contributed by atoms with Crippen molar-refractivity contribution in [3.8, 4) is 0 Å². The minimum atomic E-state index is -0.211. The van der Waals surface area contributed by atoms with Crippen LogP contribution in [0.3, 0.4) is 0 Å². The monoisotopic (exact) mass is 236 g/mol. The maximum atomic E-state index is 5.92. The first kappa shape index (κ1) is 12.3. The molecule has 5 heteroatoms. The second-order valence-electron chi connectivity index (χ2n) is 4.76. The molecule has 0 radical (unpaired) electrons. The summed E-state index contributed by atoms with van der Waals surface area (Å²) in [5, 5.41) is 0. The molecule has 0 aromatic carbocycles. The summed E-state index contributed by atoms with van der Waals surface area (Å²) < 4.78 is 5.80. The van der Waals surface area contributed by atoms with E-state index in [1.54, 1.807) is 18.5 Å². The molecule has 1 aliphatic rings. The summed E-state index contributed by atoms with van der Waals surface area (Å²) in [6.45, 7) is 2.90. The van der Waals surface area contributed by atoms with Gasteiger partial charge in [0.15, 0.2) is 0 Å². The van der Waals surface area contributed by atoms with Gasteiger partial charge >= 0.3 is 0 Å². The lowest BCUT2D eigenvalue weighted by atomic mass is 9.89. The van der Waals surface area contributed by atoms with E-state index in [1.807, 2.05) is 0 Å². The third-order valence-corrected chi connectivity index (χ3v) is 3.55. The smallest absolute Gasteiger partial charge is 0.0824 e. The number of anilines is 1. The van der Waals surface area contributed by atoms with E-state index >= 15 is 0 Å². The van der Waals surface area contributed by atoms with Crippen molar-refractivity contribution in [3.05, 3.63) is 24.0 Å². The highest BCUT2D eigenvalue weighted by Crippen LogP contribution is 2.30. The maximum absolute atomic E-state index is 5.92. The predicted molar refractivity (Wildman–Crippen MR) is 67.1 cm³/mol. The molecule has 1 aromatic rings. The van der Waals surface area contributed by atoms with Gasteiger partial charge < -0.3 is 10.5 Å². The van der Waals surface area contributed by atoms with Gasteiger partial charge in [0.05, 0.1) is 11.6 Å². The van der Waals surface area contributed by atoms with Gasteiger partial charge in [-0.1, -0.05) is 0 Å². The zero-order valence-corrected chi connectivity index (χ0v) is 10.1. The summed E-state index contributed by atoms with van der Waals surface area (Å²) >= 11 is 0. The maximum Gasteiger partial charge on any atom is 0.0824 e. The zero-order chi connectivity index (χ0) is 12.3. The Labute approximate surface area is 102 Å². The van der Waals surface area contributed by atoms with E-state index in [0.717, 1.165) is 37.1 Å². The molecule has 94 valence electrons. The fourth-order valence-corrected chi connectivity index (χ4v) is 2.35. The molecule has 5 nitrogen and oxygen atoms in total. The van der Waals surface area contributed by atoms with Gasteiger partial charge in [-0.3, -0.25) is 16.3 Å². The fourth-order valence-electron chi connectivity index (χ4n) is 2.35. The molecule has 0 bridgehead atoms. The predicted octanol–water partition coefficient (Wildman–Crippen LogP) is 0.607. The van der Waals surface area contributed by atoms with Crippen molar-refractivity contribution in [1.29, 1.82) is 0 Å². The molecule has 2 atom stereocenters. The van der Waals surface area contributed by atoms with Crippen molar-refractivity contribution in [1.82, 2.24) is 10.4 Å². The van der Waals surface area contributed by atoms with Crippen LogP contribution < -0.4 is 17.0 Å². The van der Waals surface area contributed by atoms with E-state index in [1.165, 1.54) is 0 Å². The molecule has 0 spiro atoms. The van der Waals surface area contributed by atoms with Crippen molar-refractivity contribution < 1.29 is 4.74 Å². The molecule has 1 aliphatic heterocycles. The minimum absolute atomic E-state index is 0.0523. The molecule has 2 heterocycles. The molecule has 1 fully saturated rings. The van der Waals surface area contributed by atoms with Crippen molar-refractivity contribution in [3.63, 3.8) is 0 Å². The van der Waals surface area contributed by atoms with Crippen molar-refractivity contribution in [2.75, 3.05) is 12.3 Å². The second kappa shape index (κ2) is 5.00. The van der Waals surface area contributed by atoms with Crippen LogP contribution in [0.2, 0.25) is 0 Å². The van der Waals surface area contributed by atoms with E-state index < -0.39 is 0 Å². The lowest BCUT2D eigenvalue weighted by Crippen LogP contribution is -2.52. The highest BCUT2D eigenvalue weighted by molar-refractivity contribution is 5.44. The van der Waals surface area contributed by atoms with Gasteiger partial charge in [0.1, 0.15) is 0 Å². The van der Waals surface area contributed by atoms with Crippen LogP contribution in [0.4, 0.5) is 5.69 Å². The Morgan fingerprint density at radius 1 is 1.65 bits per heavy atom. The van der Waals surface area contributed by atoms with E-state index in [2.05, 4.69) is 17.3 Å². The average molecular weight is 236 g/mol. The van der Waals surface area contributed by atoms with Crippen LogP contribution in [0.25, 0.3) is 0 Å². The zero-order valence-electron chi connectivity index (χ0n) is 10.1. The molecular weight excluding hydrogens is 216 g/mol. The van der Waals surface area contributed by atoms with E-state index in [0.29, 0.717) is 0 Å². The first-order valence-corrected chi connectivity index (χ1v) is 5.94. The van der Waals surface area contributed by atoms with E-state index in [4.69, 9.17) is 16.3 Å². The van der Waals surface area contributed by atoms with Gasteiger partial charge in [0.2, 0.25) is 0 Å². The van der Waals surface area contributed by atoms with Gasteiger partial charge in [-0.2, -0.15) is 0 Å². The van der Waals surface area contributed by atoms with Gasteiger partial charge in [-0.25, -0.2) is 0 Å². The number of rotatable bonds is 4. The molecule has 0 aliphatic carbocycles. The summed E-state index contributed by atoms with van der Waals surface area (Å²) in [6.07, 6.45) is 6.31. The molecule has 2 unspecified atom stereocenters. The second-order valence-corrected chi connectivity index (χ2v) is 4.76. The van der Waals surface area contributed by atoms with Gasteiger partial charge in [0, 0.05) is 24.7 Å². The molecule has 0 amide bonds. The largest absolute Gasteiger partial charge is 0.398 e. The summed E-state index contributed by atoms with van der Waals surface area (Å²) in [5.74, 6) is 5.64. The van der Waals surface area contributed by atoms with Crippen LogP contribution in [-0.2, 0) is 11.2 Å². The summed E-state index contributed by atoms with van der Waals surface area (Å²) in [4.78, 5) is 4.09. The Morgan fingerprint density at radius 3 is 3.06 bits per heavy atom. The number of hydrogen-bond acceptors (Lipinski definition) is 5. The summed E-state index contributed by atoms with van der Waals surface area (Å²) in [6, 6.07) is 1.86. The van der Waals surface area contributed by atoms with E-state index in [9.17, 15) is 0 Å². The number of hydrazine groups is 1. The minimum Gasteiger partial charge on any atom is -0.398 e. The Balaban J connectivity index is 2.12. The number of nitrogens with one attached hydrogen (secondary N) is 1. The Morgan fingerprint density at radius 2 is 2.47 bits per heavy atom. The van der Waals surface area contributed by atoms with Crippen LogP contribution in [0, 0.1) is 0 Å². The fraction of sp³-hybridized carbons (Fsp3) is 0.583. The van der Waals surface area contributed by atoms with Gasteiger partial charge in [0.25, 0.3) is 0 Å². The molecule has 17 heavy (non-hydrogen) atoms. The van der Waals surface area contributed by atoms with Crippen molar-refractivity contribution in [2.45, 2.75) is 37.8 Å². The average Bonchev–Trinajstić information content (AvgIpc) is 2.76. The molecule has 1 saturated heterocycles. The SMILES string of the molecule is CC1(C(Cc2cnccc2N)NN)CCCO1. The number of nitrogens with two attached hydrogens (primary N) is 2. The first-order chi connectivity index (χ1) is 8.15. The third-order valence-electron chi connectivity index (χ3n) is 3.55. The summed E-state index contributed by atoms with van der Waals surface area (Å²) in [5.41, 5.74) is 10.3. The lowest BCUT2D eigenvalue weighted by molar-refractivity contribution is -0.0114. The van der Waals surface area contributed by atoms with Gasteiger partial charge in [-0.05, 0) is 37.8 Å². The topological polar surface area (TPSA) is 86.2 Å².